The first-order valence-electron chi connectivity index (χ1n) is 4.93. The van der Waals surface area contributed by atoms with Gasteiger partial charge in [-0.05, 0) is 32.1 Å². The highest BCUT2D eigenvalue weighted by molar-refractivity contribution is 6.24. The van der Waals surface area contributed by atoms with Gasteiger partial charge in [0.05, 0.1) is 0 Å². The van der Waals surface area contributed by atoms with Crippen molar-refractivity contribution in [2.45, 2.75) is 13.8 Å². The molecule has 0 amide bonds. The fraction of sp³-hybridized carbons (Fsp3) is 0.154. The Labute approximate surface area is 92.8 Å². The number of fused-ring (bicyclic) bond motifs is 1. The number of hydrogen-bond acceptors (Lipinski definition) is 3. The molecule has 16 heavy (non-hydrogen) atoms. The zero-order valence-corrected chi connectivity index (χ0v) is 9.03. The molecule has 0 radical (unpaired) electrons. The van der Waals surface area contributed by atoms with Gasteiger partial charge in [0, 0.05) is 22.3 Å². The standard InChI is InChI=1S/C13H10O3/c1-7-5-12(15)11-6-9(8(2)14)3-4-10(11)13(7)16/h3-6H,1-2H3. The molecule has 0 spiro atoms. The highest BCUT2D eigenvalue weighted by atomic mass is 16.1. The number of ketones is 3. The van der Waals surface area contributed by atoms with E-state index in [1.54, 1.807) is 19.1 Å². The molecular weight excluding hydrogens is 204 g/mol. The van der Waals surface area contributed by atoms with Gasteiger partial charge in [0.25, 0.3) is 0 Å². The fourth-order valence-corrected chi connectivity index (χ4v) is 1.72. The van der Waals surface area contributed by atoms with Crippen LogP contribution in [0.4, 0.5) is 0 Å². The smallest absolute Gasteiger partial charge is 0.189 e. The van der Waals surface area contributed by atoms with Crippen molar-refractivity contribution in [3.8, 4) is 0 Å². The topological polar surface area (TPSA) is 51.2 Å². The van der Waals surface area contributed by atoms with Crippen molar-refractivity contribution < 1.29 is 14.4 Å². The maximum Gasteiger partial charge on any atom is 0.189 e. The molecule has 0 saturated carbocycles. The maximum atomic E-state index is 11.7. The van der Waals surface area contributed by atoms with Crippen LogP contribution in [0.15, 0.2) is 29.8 Å². The molecule has 0 saturated heterocycles. The van der Waals surface area contributed by atoms with Crippen LogP contribution >= 0.6 is 0 Å². The average Bonchev–Trinajstić information content (AvgIpc) is 2.25. The first-order valence-corrected chi connectivity index (χ1v) is 4.93. The molecule has 1 aromatic rings. The highest BCUT2D eigenvalue weighted by Gasteiger charge is 2.23. The Hall–Kier alpha value is -2.03. The van der Waals surface area contributed by atoms with E-state index < -0.39 is 0 Å². The lowest BCUT2D eigenvalue weighted by Crippen LogP contribution is -2.16. The first-order chi connectivity index (χ1) is 7.50. The van der Waals surface area contributed by atoms with Crippen LogP contribution in [0, 0.1) is 0 Å². The van der Waals surface area contributed by atoms with Crippen molar-refractivity contribution in [1.82, 2.24) is 0 Å². The molecule has 1 aromatic carbocycles. The second-order valence-electron chi connectivity index (χ2n) is 3.84. The molecule has 1 aliphatic carbocycles. The van der Waals surface area contributed by atoms with Crippen LogP contribution < -0.4 is 0 Å². The summed E-state index contributed by atoms with van der Waals surface area (Å²) in [6.45, 7) is 3.04. The molecular formula is C13H10O3. The number of rotatable bonds is 1. The van der Waals surface area contributed by atoms with Crippen LogP contribution in [0.25, 0.3) is 0 Å². The minimum Gasteiger partial charge on any atom is -0.295 e. The van der Waals surface area contributed by atoms with Gasteiger partial charge in [-0.2, -0.15) is 0 Å². The van der Waals surface area contributed by atoms with Crippen LogP contribution in [-0.2, 0) is 0 Å². The molecule has 0 aromatic heterocycles. The molecule has 0 atom stereocenters. The summed E-state index contributed by atoms with van der Waals surface area (Å²) < 4.78 is 0. The van der Waals surface area contributed by atoms with E-state index in [0.29, 0.717) is 22.3 Å². The summed E-state index contributed by atoms with van der Waals surface area (Å²) in [6.07, 6.45) is 1.31. The van der Waals surface area contributed by atoms with Gasteiger partial charge in [-0.25, -0.2) is 0 Å². The second-order valence-corrected chi connectivity index (χ2v) is 3.84. The van der Waals surface area contributed by atoms with Gasteiger partial charge in [0.2, 0.25) is 0 Å². The van der Waals surface area contributed by atoms with E-state index in [0.717, 1.165) is 0 Å². The van der Waals surface area contributed by atoms with Crippen molar-refractivity contribution in [3.05, 3.63) is 46.5 Å². The lowest BCUT2D eigenvalue weighted by atomic mass is 9.88. The number of allylic oxidation sites excluding steroid dienone is 2. The average molecular weight is 214 g/mol. The Kier molecular flexibility index (Phi) is 2.31. The predicted molar refractivity (Wildman–Crippen MR) is 58.9 cm³/mol. The lowest BCUT2D eigenvalue weighted by Gasteiger charge is -2.12. The van der Waals surface area contributed by atoms with Crippen LogP contribution in [-0.4, -0.2) is 17.3 Å². The van der Waals surface area contributed by atoms with E-state index in [1.165, 1.54) is 19.1 Å². The molecule has 0 heterocycles. The first kappa shape index (κ1) is 10.5. The molecule has 0 aliphatic heterocycles. The fourth-order valence-electron chi connectivity index (χ4n) is 1.72. The van der Waals surface area contributed by atoms with E-state index in [2.05, 4.69) is 0 Å². The summed E-state index contributed by atoms with van der Waals surface area (Å²) in [7, 11) is 0. The molecule has 1 aliphatic rings. The van der Waals surface area contributed by atoms with E-state index in [4.69, 9.17) is 0 Å². The molecule has 0 N–H and O–H groups in total. The van der Waals surface area contributed by atoms with Crippen molar-refractivity contribution in [1.29, 1.82) is 0 Å². The Bertz CT molecular complexity index is 550. The molecule has 2 rings (SSSR count). The zero-order valence-electron chi connectivity index (χ0n) is 9.03. The van der Waals surface area contributed by atoms with Crippen molar-refractivity contribution >= 4 is 17.3 Å². The number of carbonyl (C=O) groups is 3. The third-order valence-electron chi connectivity index (χ3n) is 2.64. The summed E-state index contributed by atoms with van der Waals surface area (Å²) >= 11 is 0. The van der Waals surface area contributed by atoms with Crippen LogP contribution in [0.5, 0.6) is 0 Å². The monoisotopic (exact) mass is 214 g/mol. The molecule has 0 fully saturated rings. The van der Waals surface area contributed by atoms with Crippen LogP contribution in [0.1, 0.15) is 44.9 Å². The van der Waals surface area contributed by atoms with Gasteiger partial charge < -0.3 is 0 Å². The van der Waals surface area contributed by atoms with Gasteiger partial charge in [0.1, 0.15) is 0 Å². The lowest BCUT2D eigenvalue weighted by molar-refractivity contribution is 0.0982. The molecule has 3 nitrogen and oxygen atoms in total. The number of hydrogen-bond donors (Lipinski definition) is 0. The minimum absolute atomic E-state index is 0.116. The summed E-state index contributed by atoms with van der Waals surface area (Å²) in [6, 6.07) is 4.61. The summed E-state index contributed by atoms with van der Waals surface area (Å²) in [5.41, 5.74) is 1.60. The van der Waals surface area contributed by atoms with E-state index >= 15 is 0 Å². The summed E-state index contributed by atoms with van der Waals surface area (Å²) in [4.78, 5) is 34.6. The van der Waals surface area contributed by atoms with E-state index in [-0.39, 0.29) is 17.3 Å². The second kappa shape index (κ2) is 3.52. The van der Waals surface area contributed by atoms with Crippen molar-refractivity contribution in [2.24, 2.45) is 0 Å². The highest BCUT2D eigenvalue weighted by Crippen LogP contribution is 2.22. The normalized spacial score (nSPS) is 14.5. The summed E-state index contributed by atoms with van der Waals surface area (Å²) in [5, 5.41) is 0. The molecule has 0 unspecified atom stereocenters. The Morgan fingerprint density at radius 3 is 2.44 bits per heavy atom. The SMILES string of the molecule is CC(=O)c1ccc2c(c1)C(=O)C=C(C)C2=O. The number of benzene rings is 1. The van der Waals surface area contributed by atoms with Crippen molar-refractivity contribution in [3.63, 3.8) is 0 Å². The van der Waals surface area contributed by atoms with Crippen molar-refractivity contribution in [2.75, 3.05) is 0 Å². The third-order valence-corrected chi connectivity index (χ3v) is 2.64. The zero-order chi connectivity index (χ0) is 11.9. The summed E-state index contributed by atoms with van der Waals surface area (Å²) in [5.74, 6) is -0.478. The minimum atomic E-state index is -0.213. The number of carbonyl (C=O) groups excluding carboxylic acids is 3. The molecule has 3 heteroatoms. The number of Topliss-reactive ketones (excluding diaryl/α,β-unsaturated/α-hetero) is 2. The van der Waals surface area contributed by atoms with Crippen LogP contribution in [0.2, 0.25) is 0 Å². The Balaban J connectivity index is 2.64. The Morgan fingerprint density at radius 2 is 1.81 bits per heavy atom. The van der Waals surface area contributed by atoms with Gasteiger partial charge in [-0.1, -0.05) is 6.07 Å². The third kappa shape index (κ3) is 1.50. The van der Waals surface area contributed by atoms with Gasteiger partial charge >= 0.3 is 0 Å². The van der Waals surface area contributed by atoms with Gasteiger partial charge in [-0.3, -0.25) is 14.4 Å². The predicted octanol–water partition coefficient (Wildman–Crippen LogP) is 2.21. The Morgan fingerprint density at radius 1 is 1.12 bits per heavy atom. The quantitative estimate of drug-likeness (QED) is 0.673. The van der Waals surface area contributed by atoms with E-state index in [1.807, 2.05) is 0 Å². The van der Waals surface area contributed by atoms with Gasteiger partial charge in [-0.15, -0.1) is 0 Å². The molecule has 0 bridgehead atoms. The maximum absolute atomic E-state index is 11.7. The van der Waals surface area contributed by atoms with Crippen LogP contribution in [0.3, 0.4) is 0 Å². The molecule has 80 valence electrons. The van der Waals surface area contributed by atoms with Gasteiger partial charge in [0.15, 0.2) is 17.3 Å². The largest absolute Gasteiger partial charge is 0.295 e. The van der Waals surface area contributed by atoms with E-state index in [9.17, 15) is 14.4 Å².